The van der Waals surface area contributed by atoms with E-state index in [-0.39, 0.29) is 25.2 Å². The highest BCUT2D eigenvalue weighted by Crippen LogP contribution is 2.11. The molecule has 0 spiro atoms. The molecule has 0 radical (unpaired) electrons. The predicted molar refractivity (Wildman–Crippen MR) is 67.9 cm³/mol. The lowest BCUT2D eigenvalue weighted by Gasteiger charge is -2.05. The SMILES string of the molecule is O=C(O)CCC(=O)Nc1ccc(CCC(=O)O)cc1. The number of anilines is 1. The first-order valence-electron chi connectivity index (χ1n) is 5.80. The fourth-order valence-corrected chi connectivity index (χ4v) is 1.45. The molecule has 102 valence electrons. The van der Waals surface area contributed by atoms with Gasteiger partial charge in [0.25, 0.3) is 0 Å². The quantitative estimate of drug-likeness (QED) is 0.693. The summed E-state index contributed by atoms with van der Waals surface area (Å²) in [6, 6.07) is 6.79. The number of nitrogens with one attached hydrogen (secondary N) is 1. The van der Waals surface area contributed by atoms with Crippen LogP contribution in [-0.2, 0) is 20.8 Å². The molecule has 19 heavy (non-hydrogen) atoms. The monoisotopic (exact) mass is 265 g/mol. The van der Waals surface area contributed by atoms with Crippen LogP contribution in [0.4, 0.5) is 5.69 Å². The van der Waals surface area contributed by atoms with E-state index in [4.69, 9.17) is 10.2 Å². The Labute approximate surface area is 110 Å². The third-order valence-corrected chi connectivity index (χ3v) is 2.43. The van der Waals surface area contributed by atoms with Crippen LogP contribution >= 0.6 is 0 Å². The molecule has 1 amide bonds. The van der Waals surface area contributed by atoms with Gasteiger partial charge in [0.1, 0.15) is 0 Å². The summed E-state index contributed by atoms with van der Waals surface area (Å²) in [5, 5.41) is 19.6. The molecular weight excluding hydrogens is 250 g/mol. The molecule has 0 atom stereocenters. The van der Waals surface area contributed by atoms with Crippen molar-refractivity contribution in [3.05, 3.63) is 29.8 Å². The van der Waals surface area contributed by atoms with Gasteiger partial charge in [0.15, 0.2) is 0 Å². The minimum absolute atomic E-state index is 0.0598. The lowest BCUT2D eigenvalue weighted by Crippen LogP contribution is -2.13. The van der Waals surface area contributed by atoms with Gasteiger partial charge in [-0.05, 0) is 24.1 Å². The van der Waals surface area contributed by atoms with Crippen LogP contribution in [-0.4, -0.2) is 28.1 Å². The molecular formula is C13H15NO5. The van der Waals surface area contributed by atoms with Crippen molar-refractivity contribution in [3.63, 3.8) is 0 Å². The first-order valence-corrected chi connectivity index (χ1v) is 5.80. The number of carboxylic acid groups (broad SMARTS) is 2. The first-order chi connectivity index (χ1) is 8.97. The molecule has 0 fully saturated rings. The van der Waals surface area contributed by atoms with Gasteiger partial charge in [-0.25, -0.2) is 0 Å². The Hall–Kier alpha value is -2.37. The molecule has 6 heteroatoms. The summed E-state index contributed by atoms with van der Waals surface area (Å²) in [6.45, 7) is 0. The average molecular weight is 265 g/mol. The standard InChI is InChI=1S/C13H15NO5/c15-11(6-8-13(18)19)14-10-4-1-9(2-5-10)3-7-12(16)17/h1-2,4-5H,3,6-8H2,(H,14,15)(H,16,17)(H,18,19). The van der Waals surface area contributed by atoms with E-state index in [9.17, 15) is 14.4 Å². The van der Waals surface area contributed by atoms with Gasteiger partial charge in [0, 0.05) is 18.5 Å². The van der Waals surface area contributed by atoms with Crippen molar-refractivity contribution in [2.75, 3.05) is 5.32 Å². The summed E-state index contributed by atoms with van der Waals surface area (Å²) in [5.41, 5.74) is 1.43. The third-order valence-electron chi connectivity index (χ3n) is 2.43. The minimum atomic E-state index is -1.01. The molecule has 0 unspecified atom stereocenters. The van der Waals surface area contributed by atoms with E-state index in [0.29, 0.717) is 12.1 Å². The molecule has 6 nitrogen and oxygen atoms in total. The van der Waals surface area contributed by atoms with Crippen molar-refractivity contribution in [1.29, 1.82) is 0 Å². The molecule has 0 saturated heterocycles. The van der Waals surface area contributed by atoms with Crippen LogP contribution in [0.1, 0.15) is 24.8 Å². The van der Waals surface area contributed by atoms with Crippen LogP contribution in [0.25, 0.3) is 0 Å². The topological polar surface area (TPSA) is 104 Å². The van der Waals surface area contributed by atoms with Gasteiger partial charge in [0.2, 0.25) is 5.91 Å². The maximum atomic E-state index is 11.4. The molecule has 1 rings (SSSR count). The zero-order valence-corrected chi connectivity index (χ0v) is 10.3. The largest absolute Gasteiger partial charge is 0.481 e. The smallest absolute Gasteiger partial charge is 0.303 e. The van der Waals surface area contributed by atoms with Crippen molar-refractivity contribution in [1.82, 2.24) is 0 Å². The minimum Gasteiger partial charge on any atom is -0.481 e. The third kappa shape index (κ3) is 6.21. The summed E-state index contributed by atoms with van der Waals surface area (Å²) in [6.07, 6.45) is 0.214. The van der Waals surface area contributed by atoms with E-state index in [1.807, 2.05) is 0 Å². The van der Waals surface area contributed by atoms with Gasteiger partial charge in [-0.15, -0.1) is 0 Å². The number of carbonyl (C=O) groups is 3. The second-order valence-corrected chi connectivity index (χ2v) is 4.03. The molecule has 1 aromatic rings. The normalized spacial score (nSPS) is 9.89. The number of carboxylic acids is 2. The zero-order chi connectivity index (χ0) is 14.3. The van der Waals surface area contributed by atoms with Gasteiger partial charge >= 0.3 is 11.9 Å². The molecule has 0 bridgehead atoms. The predicted octanol–water partition coefficient (Wildman–Crippen LogP) is 1.51. The Bertz CT molecular complexity index is 466. The summed E-state index contributed by atoms with van der Waals surface area (Å²) in [4.78, 5) is 32.1. The van der Waals surface area contributed by atoms with Crippen LogP contribution < -0.4 is 5.32 Å². The van der Waals surface area contributed by atoms with Crippen molar-refractivity contribution in [3.8, 4) is 0 Å². The van der Waals surface area contributed by atoms with Gasteiger partial charge < -0.3 is 15.5 Å². The second kappa shape index (κ2) is 7.15. The van der Waals surface area contributed by atoms with E-state index in [1.165, 1.54) is 0 Å². The molecule has 0 heterocycles. The number of benzene rings is 1. The first kappa shape index (κ1) is 14.7. The van der Waals surface area contributed by atoms with Gasteiger partial charge in [0.05, 0.1) is 6.42 Å². The number of carbonyl (C=O) groups excluding carboxylic acids is 1. The van der Waals surface area contributed by atoms with Gasteiger partial charge in [-0.3, -0.25) is 14.4 Å². The van der Waals surface area contributed by atoms with E-state index in [1.54, 1.807) is 24.3 Å². The zero-order valence-electron chi connectivity index (χ0n) is 10.3. The average Bonchev–Trinajstić information content (AvgIpc) is 2.35. The van der Waals surface area contributed by atoms with Crippen LogP contribution in [0, 0.1) is 0 Å². The van der Waals surface area contributed by atoms with E-state index < -0.39 is 11.9 Å². The number of hydrogen-bond donors (Lipinski definition) is 3. The molecule has 1 aromatic carbocycles. The molecule has 0 aromatic heterocycles. The summed E-state index contributed by atoms with van der Waals surface area (Å²) in [5.74, 6) is -2.23. The highest BCUT2D eigenvalue weighted by atomic mass is 16.4. The van der Waals surface area contributed by atoms with Gasteiger partial charge in [-0.1, -0.05) is 12.1 Å². The maximum absolute atomic E-state index is 11.4. The van der Waals surface area contributed by atoms with Gasteiger partial charge in [-0.2, -0.15) is 0 Å². The molecule has 0 aliphatic heterocycles. The summed E-state index contributed by atoms with van der Waals surface area (Å²) in [7, 11) is 0. The summed E-state index contributed by atoms with van der Waals surface area (Å²) >= 11 is 0. The number of hydrogen-bond acceptors (Lipinski definition) is 3. The Morgan fingerprint density at radius 1 is 0.895 bits per heavy atom. The Morgan fingerprint density at radius 2 is 1.47 bits per heavy atom. The molecule has 0 aliphatic rings. The fraction of sp³-hybridized carbons (Fsp3) is 0.308. The second-order valence-electron chi connectivity index (χ2n) is 4.03. The lowest BCUT2D eigenvalue weighted by atomic mass is 10.1. The number of aryl methyl sites for hydroxylation is 1. The van der Waals surface area contributed by atoms with Crippen molar-refractivity contribution in [2.24, 2.45) is 0 Å². The van der Waals surface area contributed by atoms with Crippen LogP contribution in [0.3, 0.4) is 0 Å². The fourth-order valence-electron chi connectivity index (χ4n) is 1.45. The highest BCUT2D eigenvalue weighted by molar-refractivity contribution is 5.92. The Balaban J connectivity index is 2.45. The van der Waals surface area contributed by atoms with Crippen LogP contribution in [0.5, 0.6) is 0 Å². The Kier molecular flexibility index (Phi) is 5.53. The Morgan fingerprint density at radius 3 is 2.00 bits per heavy atom. The highest BCUT2D eigenvalue weighted by Gasteiger charge is 2.06. The maximum Gasteiger partial charge on any atom is 0.303 e. The van der Waals surface area contributed by atoms with Crippen molar-refractivity contribution < 1.29 is 24.6 Å². The van der Waals surface area contributed by atoms with Crippen LogP contribution in [0.15, 0.2) is 24.3 Å². The van der Waals surface area contributed by atoms with E-state index in [0.717, 1.165) is 5.56 Å². The molecule has 3 N–H and O–H groups in total. The number of aliphatic carboxylic acids is 2. The lowest BCUT2D eigenvalue weighted by molar-refractivity contribution is -0.138. The van der Waals surface area contributed by atoms with Crippen molar-refractivity contribution >= 4 is 23.5 Å². The van der Waals surface area contributed by atoms with E-state index in [2.05, 4.69) is 5.32 Å². The number of rotatable bonds is 7. The van der Waals surface area contributed by atoms with Crippen molar-refractivity contribution in [2.45, 2.75) is 25.7 Å². The van der Waals surface area contributed by atoms with E-state index >= 15 is 0 Å². The molecule has 0 aliphatic carbocycles. The number of amides is 1. The summed E-state index contributed by atoms with van der Waals surface area (Å²) < 4.78 is 0. The molecule has 0 saturated carbocycles. The van der Waals surface area contributed by atoms with Crippen LogP contribution in [0.2, 0.25) is 0 Å².